The highest BCUT2D eigenvalue weighted by Crippen LogP contribution is 2.34. The maximum atomic E-state index is 8.85. The van der Waals surface area contributed by atoms with E-state index in [9.17, 15) is 0 Å². The standard InChI is InChI=1S/C15H17N3/c16-9-12-5-7-13(8-6-12)15-4-2-1-3-14-10-17-11-18(14)15/h5-8,11,14-15H,1-4,10H2. The molecule has 0 N–H and O–H groups in total. The fraction of sp³-hybridized carbons (Fsp3) is 0.467. The Morgan fingerprint density at radius 2 is 1.94 bits per heavy atom. The highest BCUT2D eigenvalue weighted by atomic mass is 15.3. The van der Waals surface area contributed by atoms with Gasteiger partial charge in [0.1, 0.15) is 0 Å². The van der Waals surface area contributed by atoms with Crippen molar-refractivity contribution >= 4 is 6.34 Å². The molecule has 18 heavy (non-hydrogen) atoms. The van der Waals surface area contributed by atoms with Crippen LogP contribution in [-0.4, -0.2) is 23.8 Å². The second-order valence-corrected chi connectivity index (χ2v) is 5.12. The van der Waals surface area contributed by atoms with Crippen LogP contribution in [0.1, 0.15) is 42.9 Å². The lowest BCUT2D eigenvalue weighted by atomic mass is 10.00. The first kappa shape index (κ1) is 11.3. The Hall–Kier alpha value is -1.82. The molecule has 0 amide bonds. The van der Waals surface area contributed by atoms with E-state index >= 15 is 0 Å². The van der Waals surface area contributed by atoms with Crippen LogP contribution in [0.25, 0.3) is 0 Å². The van der Waals surface area contributed by atoms with Gasteiger partial charge in [0, 0.05) is 0 Å². The van der Waals surface area contributed by atoms with Gasteiger partial charge in [-0.25, -0.2) is 0 Å². The molecule has 2 heterocycles. The highest BCUT2D eigenvalue weighted by molar-refractivity contribution is 5.59. The molecule has 3 nitrogen and oxygen atoms in total. The number of hydrogen-bond acceptors (Lipinski definition) is 3. The minimum Gasteiger partial charge on any atom is -0.351 e. The Bertz CT molecular complexity index is 483. The van der Waals surface area contributed by atoms with Gasteiger partial charge in [0.25, 0.3) is 0 Å². The zero-order chi connectivity index (χ0) is 12.4. The van der Waals surface area contributed by atoms with Gasteiger partial charge in [0.2, 0.25) is 0 Å². The Kier molecular flexibility index (Phi) is 3.02. The van der Waals surface area contributed by atoms with Gasteiger partial charge in [-0.15, -0.1) is 0 Å². The summed E-state index contributed by atoms with van der Waals surface area (Å²) < 4.78 is 0. The first-order valence-electron chi connectivity index (χ1n) is 6.66. The van der Waals surface area contributed by atoms with E-state index in [0.29, 0.717) is 12.1 Å². The molecule has 0 bridgehead atoms. The van der Waals surface area contributed by atoms with E-state index in [2.05, 4.69) is 28.1 Å². The van der Waals surface area contributed by atoms with Gasteiger partial charge in [0.05, 0.1) is 36.6 Å². The summed E-state index contributed by atoms with van der Waals surface area (Å²) in [5.41, 5.74) is 2.05. The van der Waals surface area contributed by atoms with Crippen LogP contribution in [0.2, 0.25) is 0 Å². The van der Waals surface area contributed by atoms with Crippen molar-refractivity contribution in [2.45, 2.75) is 37.8 Å². The molecule has 0 spiro atoms. The van der Waals surface area contributed by atoms with Crippen LogP contribution in [0.4, 0.5) is 0 Å². The summed E-state index contributed by atoms with van der Waals surface area (Å²) in [6.07, 6.45) is 7.06. The van der Waals surface area contributed by atoms with E-state index in [-0.39, 0.29) is 0 Å². The Labute approximate surface area is 108 Å². The molecule has 1 fully saturated rings. The highest BCUT2D eigenvalue weighted by Gasteiger charge is 2.30. The average Bonchev–Trinajstić information content (AvgIpc) is 2.79. The third-order valence-electron chi connectivity index (χ3n) is 4.00. The number of nitrogens with zero attached hydrogens (tertiary/aromatic N) is 3. The molecule has 2 aliphatic rings. The molecule has 1 aromatic rings. The van der Waals surface area contributed by atoms with Gasteiger partial charge in [-0.05, 0) is 30.5 Å². The lowest BCUT2D eigenvalue weighted by molar-refractivity contribution is 0.271. The second-order valence-electron chi connectivity index (χ2n) is 5.12. The minimum absolute atomic E-state index is 0.441. The summed E-state index contributed by atoms with van der Waals surface area (Å²) in [4.78, 5) is 6.85. The molecule has 0 aromatic heterocycles. The van der Waals surface area contributed by atoms with Gasteiger partial charge < -0.3 is 4.90 Å². The molecule has 2 aliphatic heterocycles. The molecular formula is C15H17N3. The lowest BCUT2D eigenvalue weighted by Crippen LogP contribution is -2.33. The van der Waals surface area contributed by atoms with Crippen molar-refractivity contribution in [3.05, 3.63) is 35.4 Å². The second kappa shape index (κ2) is 4.81. The van der Waals surface area contributed by atoms with Crippen LogP contribution in [0, 0.1) is 11.3 Å². The summed E-state index contributed by atoms with van der Waals surface area (Å²) in [6.45, 7) is 0.951. The molecule has 0 saturated carbocycles. The zero-order valence-corrected chi connectivity index (χ0v) is 10.4. The monoisotopic (exact) mass is 239 g/mol. The topological polar surface area (TPSA) is 39.4 Å². The number of benzene rings is 1. The van der Waals surface area contributed by atoms with Crippen LogP contribution in [0.5, 0.6) is 0 Å². The predicted octanol–water partition coefficient (Wildman–Crippen LogP) is 2.89. The largest absolute Gasteiger partial charge is 0.351 e. The fourth-order valence-corrected chi connectivity index (χ4v) is 3.01. The van der Waals surface area contributed by atoms with Gasteiger partial charge in [0.15, 0.2) is 0 Å². The molecule has 3 heteroatoms. The summed E-state index contributed by atoms with van der Waals surface area (Å²) in [5, 5.41) is 8.85. The zero-order valence-electron chi connectivity index (χ0n) is 10.4. The maximum Gasteiger partial charge on any atom is 0.0991 e. The minimum atomic E-state index is 0.441. The first-order chi connectivity index (χ1) is 8.88. The lowest BCUT2D eigenvalue weighted by Gasteiger charge is -2.30. The molecule has 2 unspecified atom stereocenters. The van der Waals surface area contributed by atoms with Gasteiger partial charge in [-0.3, -0.25) is 4.99 Å². The molecule has 0 aliphatic carbocycles. The number of rotatable bonds is 1. The van der Waals surface area contributed by atoms with E-state index < -0.39 is 0 Å². The number of hydrogen-bond donors (Lipinski definition) is 0. The number of fused-ring (bicyclic) bond motifs is 1. The van der Waals surface area contributed by atoms with Crippen molar-refractivity contribution < 1.29 is 0 Å². The maximum absolute atomic E-state index is 8.85. The van der Waals surface area contributed by atoms with Crippen molar-refractivity contribution in [2.24, 2.45) is 4.99 Å². The molecule has 92 valence electrons. The molecule has 1 aromatic carbocycles. The van der Waals surface area contributed by atoms with Crippen LogP contribution in [-0.2, 0) is 0 Å². The van der Waals surface area contributed by atoms with Crippen molar-refractivity contribution in [3.63, 3.8) is 0 Å². The number of aliphatic imine (C=N–C) groups is 1. The van der Waals surface area contributed by atoms with Crippen LogP contribution in [0.3, 0.4) is 0 Å². The van der Waals surface area contributed by atoms with Crippen molar-refractivity contribution in [1.29, 1.82) is 5.26 Å². The quantitative estimate of drug-likeness (QED) is 0.756. The Balaban J connectivity index is 1.88. The van der Waals surface area contributed by atoms with Crippen LogP contribution < -0.4 is 0 Å². The molecular weight excluding hydrogens is 222 g/mol. The normalized spacial score (nSPS) is 26.5. The molecule has 0 radical (unpaired) electrons. The molecule has 1 saturated heterocycles. The molecule has 3 rings (SSSR count). The van der Waals surface area contributed by atoms with E-state index in [0.717, 1.165) is 12.1 Å². The summed E-state index contributed by atoms with van der Waals surface area (Å²) >= 11 is 0. The van der Waals surface area contributed by atoms with E-state index in [4.69, 9.17) is 5.26 Å². The SMILES string of the molecule is N#Cc1ccc(C2CCCCC3CN=CN32)cc1. The van der Waals surface area contributed by atoms with E-state index in [1.807, 2.05) is 18.5 Å². The van der Waals surface area contributed by atoms with Crippen molar-refractivity contribution in [3.8, 4) is 6.07 Å². The number of nitriles is 1. The van der Waals surface area contributed by atoms with Crippen LogP contribution in [0.15, 0.2) is 29.3 Å². The third-order valence-corrected chi connectivity index (χ3v) is 4.00. The van der Waals surface area contributed by atoms with E-state index in [1.54, 1.807) is 0 Å². The van der Waals surface area contributed by atoms with Gasteiger partial charge in [-0.2, -0.15) is 5.26 Å². The third kappa shape index (κ3) is 1.99. The summed E-state index contributed by atoms with van der Waals surface area (Å²) in [7, 11) is 0. The molecule has 2 atom stereocenters. The Morgan fingerprint density at radius 3 is 2.72 bits per heavy atom. The van der Waals surface area contributed by atoms with Crippen molar-refractivity contribution in [1.82, 2.24) is 4.90 Å². The predicted molar refractivity (Wildman–Crippen MR) is 71.4 cm³/mol. The van der Waals surface area contributed by atoms with Gasteiger partial charge in [-0.1, -0.05) is 25.0 Å². The van der Waals surface area contributed by atoms with E-state index in [1.165, 1.54) is 31.2 Å². The first-order valence-corrected chi connectivity index (χ1v) is 6.66. The van der Waals surface area contributed by atoms with Crippen molar-refractivity contribution in [2.75, 3.05) is 6.54 Å². The summed E-state index contributed by atoms with van der Waals surface area (Å²) in [5.74, 6) is 0. The Morgan fingerprint density at radius 1 is 1.17 bits per heavy atom. The average molecular weight is 239 g/mol. The van der Waals surface area contributed by atoms with Crippen LogP contribution >= 0.6 is 0 Å². The summed E-state index contributed by atoms with van der Waals surface area (Å²) in [6, 6.07) is 11.2. The van der Waals surface area contributed by atoms with Gasteiger partial charge >= 0.3 is 0 Å². The smallest absolute Gasteiger partial charge is 0.0991 e. The fourth-order valence-electron chi connectivity index (χ4n) is 3.01.